The number of rotatable bonds is 5. The van der Waals surface area contributed by atoms with E-state index < -0.39 is 0 Å². The molecule has 0 spiro atoms. The summed E-state index contributed by atoms with van der Waals surface area (Å²) < 4.78 is 0. The highest BCUT2D eigenvalue weighted by Gasteiger charge is 2.19. The zero-order valence-electron chi connectivity index (χ0n) is 9.54. The minimum Gasteiger partial charge on any atom is -0.353 e. The first-order valence-corrected chi connectivity index (χ1v) is 6.52. The first kappa shape index (κ1) is 12.8. The van der Waals surface area contributed by atoms with Gasteiger partial charge >= 0.3 is 0 Å². The number of amides is 1. The lowest BCUT2D eigenvalue weighted by Gasteiger charge is -2.32. The van der Waals surface area contributed by atoms with Crippen LogP contribution in [0.4, 0.5) is 0 Å². The zero-order chi connectivity index (χ0) is 11.1. The van der Waals surface area contributed by atoms with Gasteiger partial charge in [0.2, 0.25) is 5.91 Å². The monoisotopic (exact) mass is 230 g/mol. The fourth-order valence-electron chi connectivity index (χ4n) is 2.02. The standard InChI is InChI=1S/C11H22N2OS/c1-2-6-13-7-3-10(4-8-13)12-11(14)5-9-15/h10,15H,2-9H2,1H3,(H,12,14). The molecule has 88 valence electrons. The van der Waals surface area contributed by atoms with Gasteiger partial charge in [0.25, 0.3) is 0 Å². The van der Waals surface area contributed by atoms with Crippen LogP contribution in [0, 0.1) is 0 Å². The molecule has 3 nitrogen and oxygen atoms in total. The molecule has 0 aromatic rings. The molecule has 0 aromatic carbocycles. The van der Waals surface area contributed by atoms with Gasteiger partial charge in [-0.15, -0.1) is 0 Å². The molecule has 0 aliphatic carbocycles. The molecule has 1 amide bonds. The summed E-state index contributed by atoms with van der Waals surface area (Å²) in [6, 6.07) is 0.394. The van der Waals surface area contributed by atoms with Crippen molar-refractivity contribution in [2.45, 2.75) is 38.6 Å². The molecule has 1 saturated heterocycles. The lowest BCUT2D eigenvalue weighted by Crippen LogP contribution is -2.44. The molecule has 1 aliphatic rings. The number of carbonyl (C=O) groups excluding carboxylic acids is 1. The predicted octanol–water partition coefficient (Wildman–Crippen LogP) is 1.30. The maximum atomic E-state index is 11.3. The van der Waals surface area contributed by atoms with Gasteiger partial charge in [0, 0.05) is 25.6 Å². The normalized spacial score (nSPS) is 19.1. The van der Waals surface area contributed by atoms with Gasteiger partial charge in [-0.25, -0.2) is 0 Å². The van der Waals surface area contributed by atoms with Crippen LogP contribution in [-0.4, -0.2) is 42.2 Å². The number of piperidine rings is 1. The van der Waals surface area contributed by atoms with Crippen LogP contribution in [0.5, 0.6) is 0 Å². The van der Waals surface area contributed by atoms with Crippen molar-refractivity contribution >= 4 is 18.5 Å². The van der Waals surface area contributed by atoms with Crippen LogP contribution in [0.1, 0.15) is 32.6 Å². The van der Waals surface area contributed by atoms with Crippen molar-refractivity contribution in [3.8, 4) is 0 Å². The van der Waals surface area contributed by atoms with Crippen molar-refractivity contribution in [1.29, 1.82) is 0 Å². The molecule has 1 fully saturated rings. The van der Waals surface area contributed by atoms with Crippen LogP contribution < -0.4 is 5.32 Å². The Morgan fingerprint density at radius 3 is 2.67 bits per heavy atom. The Balaban J connectivity index is 2.16. The number of nitrogens with zero attached hydrogens (tertiary/aromatic N) is 1. The molecule has 0 unspecified atom stereocenters. The van der Waals surface area contributed by atoms with E-state index in [0.29, 0.717) is 18.2 Å². The van der Waals surface area contributed by atoms with E-state index in [1.54, 1.807) is 0 Å². The highest BCUT2D eigenvalue weighted by Crippen LogP contribution is 2.10. The summed E-state index contributed by atoms with van der Waals surface area (Å²) in [5.74, 6) is 0.791. The number of hydrogen-bond donors (Lipinski definition) is 2. The topological polar surface area (TPSA) is 32.3 Å². The quantitative estimate of drug-likeness (QED) is 0.698. The molecule has 1 heterocycles. The summed E-state index contributed by atoms with van der Waals surface area (Å²) in [6.45, 7) is 5.65. The molecule has 15 heavy (non-hydrogen) atoms. The molecule has 4 heteroatoms. The van der Waals surface area contributed by atoms with Crippen LogP contribution in [-0.2, 0) is 4.79 Å². The Morgan fingerprint density at radius 2 is 2.13 bits per heavy atom. The SMILES string of the molecule is CCCN1CCC(NC(=O)CCS)CC1. The fraction of sp³-hybridized carbons (Fsp3) is 0.909. The number of thiol groups is 1. The van der Waals surface area contributed by atoms with Gasteiger partial charge in [-0.3, -0.25) is 4.79 Å². The summed E-state index contributed by atoms with van der Waals surface area (Å²) >= 11 is 4.05. The van der Waals surface area contributed by atoms with Crippen molar-refractivity contribution in [3.63, 3.8) is 0 Å². The average molecular weight is 230 g/mol. The molecule has 0 bridgehead atoms. The Kier molecular flexibility index (Phi) is 6.10. The van der Waals surface area contributed by atoms with Gasteiger partial charge in [-0.1, -0.05) is 6.92 Å². The summed E-state index contributed by atoms with van der Waals surface area (Å²) in [6.07, 6.45) is 3.95. The van der Waals surface area contributed by atoms with E-state index in [1.165, 1.54) is 13.0 Å². The molecule has 1 aliphatic heterocycles. The molecule has 0 aromatic heterocycles. The summed E-state index contributed by atoms with van der Waals surface area (Å²) in [5, 5.41) is 3.07. The van der Waals surface area contributed by atoms with Crippen LogP contribution in [0.25, 0.3) is 0 Å². The highest BCUT2D eigenvalue weighted by molar-refractivity contribution is 7.80. The second kappa shape index (κ2) is 7.12. The largest absolute Gasteiger partial charge is 0.353 e. The fourth-order valence-corrected chi connectivity index (χ4v) is 2.22. The molecule has 0 saturated carbocycles. The molecule has 0 atom stereocenters. The zero-order valence-corrected chi connectivity index (χ0v) is 10.4. The van der Waals surface area contributed by atoms with Gasteiger partial charge in [-0.05, 0) is 31.6 Å². The minimum atomic E-state index is 0.152. The van der Waals surface area contributed by atoms with E-state index in [-0.39, 0.29) is 5.91 Å². The maximum absolute atomic E-state index is 11.3. The van der Waals surface area contributed by atoms with E-state index in [9.17, 15) is 4.79 Å². The van der Waals surface area contributed by atoms with Crippen molar-refractivity contribution in [1.82, 2.24) is 10.2 Å². The maximum Gasteiger partial charge on any atom is 0.221 e. The smallest absolute Gasteiger partial charge is 0.221 e. The lowest BCUT2D eigenvalue weighted by atomic mass is 10.0. The molecular formula is C11H22N2OS. The van der Waals surface area contributed by atoms with Crippen LogP contribution in [0.15, 0.2) is 0 Å². The Hall–Kier alpha value is -0.220. The molecule has 1 N–H and O–H groups in total. The van der Waals surface area contributed by atoms with Gasteiger partial charge in [0.15, 0.2) is 0 Å². The Morgan fingerprint density at radius 1 is 1.47 bits per heavy atom. The van der Waals surface area contributed by atoms with E-state index in [4.69, 9.17) is 0 Å². The minimum absolute atomic E-state index is 0.152. The van der Waals surface area contributed by atoms with E-state index in [2.05, 4.69) is 29.8 Å². The summed E-state index contributed by atoms with van der Waals surface area (Å²) in [4.78, 5) is 13.8. The summed E-state index contributed by atoms with van der Waals surface area (Å²) in [5.41, 5.74) is 0. The third kappa shape index (κ3) is 4.89. The third-order valence-corrected chi connectivity index (χ3v) is 3.05. The van der Waals surface area contributed by atoms with Crippen LogP contribution in [0.2, 0.25) is 0 Å². The van der Waals surface area contributed by atoms with Crippen LogP contribution in [0.3, 0.4) is 0 Å². The van der Waals surface area contributed by atoms with Gasteiger partial charge in [0.1, 0.15) is 0 Å². The lowest BCUT2D eigenvalue weighted by molar-refractivity contribution is -0.121. The molecular weight excluding hydrogens is 208 g/mol. The molecule has 1 rings (SSSR count). The van der Waals surface area contributed by atoms with Gasteiger partial charge < -0.3 is 10.2 Å². The average Bonchev–Trinajstić information content (AvgIpc) is 2.22. The van der Waals surface area contributed by atoms with Crippen molar-refractivity contribution < 1.29 is 4.79 Å². The second-order valence-electron chi connectivity index (χ2n) is 4.16. The third-order valence-electron chi connectivity index (χ3n) is 2.83. The van der Waals surface area contributed by atoms with E-state index >= 15 is 0 Å². The predicted molar refractivity (Wildman–Crippen MR) is 66.4 cm³/mol. The number of nitrogens with one attached hydrogen (secondary N) is 1. The second-order valence-corrected chi connectivity index (χ2v) is 4.60. The van der Waals surface area contributed by atoms with Gasteiger partial charge in [-0.2, -0.15) is 12.6 Å². The number of carbonyl (C=O) groups is 1. The number of hydrogen-bond acceptors (Lipinski definition) is 3. The van der Waals surface area contributed by atoms with E-state index in [0.717, 1.165) is 25.9 Å². The first-order chi connectivity index (χ1) is 7.26. The van der Waals surface area contributed by atoms with Crippen molar-refractivity contribution in [2.24, 2.45) is 0 Å². The van der Waals surface area contributed by atoms with Crippen LogP contribution >= 0.6 is 12.6 Å². The van der Waals surface area contributed by atoms with Gasteiger partial charge in [0.05, 0.1) is 0 Å². The van der Waals surface area contributed by atoms with Crippen molar-refractivity contribution in [3.05, 3.63) is 0 Å². The van der Waals surface area contributed by atoms with E-state index in [1.807, 2.05) is 0 Å². The number of likely N-dealkylation sites (tertiary alicyclic amines) is 1. The molecule has 0 radical (unpaired) electrons. The first-order valence-electron chi connectivity index (χ1n) is 5.88. The van der Waals surface area contributed by atoms with Crippen molar-refractivity contribution in [2.75, 3.05) is 25.4 Å². The Bertz CT molecular complexity index is 191. The summed E-state index contributed by atoms with van der Waals surface area (Å²) in [7, 11) is 0. The highest BCUT2D eigenvalue weighted by atomic mass is 32.1. The Labute approximate surface area is 98.0 Å².